The Balaban J connectivity index is 2.09. The SMILES string of the molecule is Cc1cc(I)cc(/C=N/NC(=O)c2ccc(Cl)cc2)c1O. The first kappa shape index (κ1) is 15.8. The van der Waals surface area contributed by atoms with Gasteiger partial charge in [0.2, 0.25) is 0 Å². The standard InChI is InChI=1S/C15H12ClIN2O2/c1-9-6-13(17)7-11(14(9)20)8-18-19-15(21)10-2-4-12(16)5-3-10/h2-8,20H,1H3,(H,19,21)/b18-8+. The number of amides is 1. The second-order valence-corrected chi connectivity index (χ2v) is 6.05. The number of rotatable bonds is 3. The van der Waals surface area contributed by atoms with Crippen LogP contribution in [0.2, 0.25) is 5.02 Å². The monoisotopic (exact) mass is 414 g/mol. The number of aromatic hydroxyl groups is 1. The molecule has 0 spiro atoms. The highest BCUT2D eigenvalue weighted by molar-refractivity contribution is 14.1. The molecule has 0 radical (unpaired) electrons. The summed E-state index contributed by atoms with van der Waals surface area (Å²) in [5, 5.41) is 14.3. The second-order valence-electron chi connectivity index (χ2n) is 4.37. The molecule has 2 N–H and O–H groups in total. The van der Waals surface area contributed by atoms with Crippen molar-refractivity contribution in [3.8, 4) is 5.75 Å². The van der Waals surface area contributed by atoms with Crippen LogP contribution in [0.3, 0.4) is 0 Å². The molecule has 6 heteroatoms. The third kappa shape index (κ3) is 4.18. The van der Waals surface area contributed by atoms with E-state index >= 15 is 0 Å². The minimum absolute atomic E-state index is 0.153. The molecule has 2 aromatic carbocycles. The van der Waals surface area contributed by atoms with Gasteiger partial charge in [0.05, 0.1) is 6.21 Å². The number of phenolic OH excluding ortho intramolecular Hbond substituents is 1. The van der Waals surface area contributed by atoms with E-state index in [2.05, 4.69) is 33.1 Å². The number of phenols is 1. The third-order valence-electron chi connectivity index (χ3n) is 2.77. The molecule has 0 bridgehead atoms. The predicted octanol–water partition coefficient (Wildman–Crippen LogP) is 3.72. The summed E-state index contributed by atoms with van der Waals surface area (Å²) in [6.07, 6.45) is 1.41. The molecule has 0 fully saturated rings. The van der Waals surface area contributed by atoms with Gasteiger partial charge in [0.1, 0.15) is 5.75 Å². The van der Waals surface area contributed by atoms with Crippen molar-refractivity contribution in [3.63, 3.8) is 0 Å². The minimum atomic E-state index is -0.343. The normalized spacial score (nSPS) is 10.8. The van der Waals surface area contributed by atoms with Crippen molar-refractivity contribution in [3.05, 3.63) is 61.7 Å². The number of hydrogen-bond acceptors (Lipinski definition) is 3. The number of nitrogens with one attached hydrogen (secondary N) is 1. The number of carbonyl (C=O) groups is 1. The van der Waals surface area contributed by atoms with E-state index in [4.69, 9.17) is 11.6 Å². The van der Waals surface area contributed by atoms with Crippen LogP contribution in [0.5, 0.6) is 5.75 Å². The van der Waals surface area contributed by atoms with Crippen LogP contribution < -0.4 is 5.43 Å². The summed E-state index contributed by atoms with van der Waals surface area (Å²) < 4.78 is 0.980. The molecule has 4 nitrogen and oxygen atoms in total. The van der Waals surface area contributed by atoms with Gasteiger partial charge in [0.25, 0.3) is 5.91 Å². The van der Waals surface area contributed by atoms with Gasteiger partial charge in [0.15, 0.2) is 0 Å². The van der Waals surface area contributed by atoms with Crippen LogP contribution >= 0.6 is 34.2 Å². The molecule has 0 aliphatic carbocycles. The zero-order valence-electron chi connectivity index (χ0n) is 11.1. The molecular formula is C15H12ClIN2O2. The average molecular weight is 415 g/mol. The molecule has 21 heavy (non-hydrogen) atoms. The lowest BCUT2D eigenvalue weighted by atomic mass is 10.1. The van der Waals surface area contributed by atoms with Gasteiger partial charge < -0.3 is 5.11 Å². The predicted molar refractivity (Wildman–Crippen MR) is 92.1 cm³/mol. The number of carbonyl (C=O) groups excluding carboxylic acids is 1. The third-order valence-corrected chi connectivity index (χ3v) is 3.65. The molecule has 2 aromatic rings. The number of nitrogens with zero attached hydrogens (tertiary/aromatic N) is 1. The number of benzene rings is 2. The van der Waals surface area contributed by atoms with Gasteiger partial charge in [-0.2, -0.15) is 5.10 Å². The highest BCUT2D eigenvalue weighted by Gasteiger charge is 2.05. The first-order valence-corrected chi connectivity index (χ1v) is 7.51. The second kappa shape index (κ2) is 6.91. The summed E-state index contributed by atoms with van der Waals surface area (Å²) in [5.41, 5.74) is 4.17. The van der Waals surface area contributed by atoms with E-state index in [0.29, 0.717) is 16.1 Å². The Morgan fingerprint density at radius 3 is 2.67 bits per heavy atom. The van der Waals surface area contributed by atoms with Crippen LogP contribution in [0.15, 0.2) is 41.5 Å². The molecule has 0 saturated heterocycles. The van der Waals surface area contributed by atoms with Gasteiger partial charge in [0, 0.05) is 19.7 Å². The molecule has 0 aliphatic rings. The van der Waals surface area contributed by atoms with Crippen molar-refractivity contribution < 1.29 is 9.90 Å². The zero-order chi connectivity index (χ0) is 15.4. The molecule has 0 aromatic heterocycles. The average Bonchev–Trinajstić information content (AvgIpc) is 2.44. The first-order chi connectivity index (χ1) is 9.97. The van der Waals surface area contributed by atoms with Crippen LogP contribution in [0.25, 0.3) is 0 Å². The Morgan fingerprint density at radius 2 is 2.00 bits per heavy atom. The van der Waals surface area contributed by atoms with Crippen LogP contribution in [-0.4, -0.2) is 17.2 Å². The van der Waals surface area contributed by atoms with E-state index in [-0.39, 0.29) is 11.7 Å². The number of halogens is 2. The van der Waals surface area contributed by atoms with E-state index in [1.54, 1.807) is 37.3 Å². The van der Waals surface area contributed by atoms with Gasteiger partial charge in [-0.05, 0) is 71.5 Å². The van der Waals surface area contributed by atoms with E-state index in [9.17, 15) is 9.90 Å². The van der Waals surface area contributed by atoms with Crippen molar-refractivity contribution in [1.29, 1.82) is 0 Å². The van der Waals surface area contributed by atoms with Crippen LogP contribution in [0.4, 0.5) is 0 Å². The van der Waals surface area contributed by atoms with E-state index < -0.39 is 0 Å². The van der Waals surface area contributed by atoms with Crippen molar-refractivity contribution in [2.75, 3.05) is 0 Å². The molecular weight excluding hydrogens is 403 g/mol. The fourth-order valence-electron chi connectivity index (χ4n) is 1.69. The van der Waals surface area contributed by atoms with Crippen molar-refractivity contribution in [2.24, 2.45) is 5.10 Å². The molecule has 0 aliphatic heterocycles. The van der Waals surface area contributed by atoms with Gasteiger partial charge >= 0.3 is 0 Å². The maximum absolute atomic E-state index is 11.8. The zero-order valence-corrected chi connectivity index (χ0v) is 14.0. The quantitative estimate of drug-likeness (QED) is 0.457. The summed E-state index contributed by atoms with van der Waals surface area (Å²) in [4.78, 5) is 11.8. The Hall–Kier alpha value is -1.60. The summed E-state index contributed by atoms with van der Waals surface area (Å²) in [5.74, 6) is -0.190. The lowest BCUT2D eigenvalue weighted by molar-refractivity contribution is 0.0955. The van der Waals surface area contributed by atoms with Gasteiger partial charge in [-0.15, -0.1) is 0 Å². The van der Waals surface area contributed by atoms with E-state index in [1.807, 2.05) is 6.07 Å². The molecule has 0 saturated carbocycles. The molecule has 108 valence electrons. The van der Waals surface area contributed by atoms with Gasteiger partial charge in [-0.3, -0.25) is 4.79 Å². The molecule has 0 unspecified atom stereocenters. The molecule has 0 atom stereocenters. The molecule has 0 heterocycles. The fourth-order valence-corrected chi connectivity index (χ4v) is 2.61. The van der Waals surface area contributed by atoms with Crippen LogP contribution in [0.1, 0.15) is 21.5 Å². The summed E-state index contributed by atoms with van der Waals surface area (Å²) in [6, 6.07) is 10.1. The maximum atomic E-state index is 11.8. The number of hydrogen-bond donors (Lipinski definition) is 2. The first-order valence-electron chi connectivity index (χ1n) is 6.05. The van der Waals surface area contributed by atoms with E-state index in [0.717, 1.165) is 9.13 Å². The van der Waals surface area contributed by atoms with Gasteiger partial charge in [-0.1, -0.05) is 11.6 Å². The lowest BCUT2D eigenvalue weighted by Crippen LogP contribution is -2.17. The summed E-state index contributed by atoms with van der Waals surface area (Å²) >= 11 is 7.91. The highest BCUT2D eigenvalue weighted by atomic mass is 127. The largest absolute Gasteiger partial charge is 0.507 e. The molecule has 1 amide bonds. The van der Waals surface area contributed by atoms with Crippen LogP contribution in [-0.2, 0) is 0 Å². The minimum Gasteiger partial charge on any atom is -0.507 e. The van der Waals surface area contributed by atoms with Crippen molar-refractivity contribution >= 4 is 46.3 Å². The molecule has 2 rings (SSSR count). The maximum Gasteiger partial charge on any atom is 0.271 e. The Kier molecular flexibility index (Phi) is 5.19. The lowest BCUT2D eigenvalue weighted by Gasteiger charge is -2.04. The summed E-state index contributed by atoms with van der Waals surface area (Å²) in [7, 11) is 0. The van der Waals surface area contributed by atoms with Gasteiger partial charge in [-0.25, -0.2) is 5.43 Å². The number of hydrazone groups is 1. The van der Waals surface area contributed by atoms with E-state index in [1.165, 1.54) is 6.21 Å². The fraction of sp³-hybridized carbons (Fsp3) is 0.0667. The number of aryl methyl sites for hydroxylation is 1. The Bertz CT molecular complexity index is 700. The smallest absolute Gasteiger partial charge is 0.271 e. The van der Waals surface area contributed by atoms with Crippen LogP contribution in [0, 0.1) is 10.5 Å². The van der Waals surface area contributed by atoms with Crippen molar-refractivity contribution in [2.45, 2.75) is 6.92 Å². The van der Waals surface area contributed by atoms with Crippen molar-refractivity contribution in [1.82, 2.24) is 5.43 Å². The Morgan fingerprint density at radius 1 is 1.33 bits per heavy atom. The summed E-state index contributed by atoms with van der Waals surface area (Å²) in [6.45, 7) is 1.81. The highest BCUT2D eigenvalue weighted by Crippen LogP contribution is 2.23. The topological polar surface area (TPSA) is 61.7 Å². The Labute approximate surface area is 141 Å².